The van der Waals surface area contributed by atoms with Crippen LogP contribution in [0.4, 0.5) is 5.82 Å². The molecule has 2 aromatic heterocycles. The summed E-state index contributed by atoms with van der Waals surface area (Å²) in [7, 11) is 0. The first kappa shape index (κ1) is 21.4. The first-order valence-electron chi connectivity index (χ1n) is 10.4. The highest BCUT2D eigenvalue weighted by Gasteiger charge is 2.18. The predicted molar refractivity (Wildman–Crippen MR) is 121 cm³/mol. The Kier molecular flexibility index (Phi) is 6.38. The summed E-state index contributed by atoms with van der Waals surface area (Å²) in [4.78, 5) is 17.3. The molecule has 1 saturated heterocycles. The van der Waals surface area contributed by atoms with E-state index in [4.69, 9.17) is 15.2 Å². The number of allylic oxidation sites excluding steroid dienone is 1. The standard InChI is InChI=1S/C24H24N6O2/c1-15(21-12-27-13-23(26)30-21)9-20-16(2)28-14-29-24(20)17-3-4-22(18(10-17)11-25)32-19-5-7-31-8-6-19/h3-4,9-10,12-14,19H,5-8H2,1-2H3,(H2,26,30)/b15-9+. The number of nitriles is 1. The SMILES string of the molecule is C/C(=C\c1c(C)ncnc1-c1ccc(OC2CCOCC2)c(C#N)c1)c1cncc(N)n1. The molecule has 0 spiro atoms. The van der Waals surface area contributed by atoms with Gasteiger partial charge in [-0.1, -0.05) is 0 Å². The van der Waals surface area contributed by atoms with Crippen molar-refractivity contribution in [3.8, 4) is 23.1 Å². The molecule has 3 aromatic rings. The van der Waals surface area contributed by atoms with E-state index in [9.17, 15) is 5.26 Å². The van der Waals surface area contributed by atoms with Crippen molar-refractivity contribution in [2.24, 2.45) is 0 Å². The van der Waals surface area contributed by atoms with Gasteiger partial charge in [-0.2, -0.15) is 5.26 Å². The first-order valence-corrected chi connectivity index (χ1v) is 10.4. The molecule has 3 heterocycles. The lowest BCUT2D eigenvalue weighted by atomic mass is 10.00. The molecule has 0 amide bonds. The Morgan fingerprint density at radius 3 is 2.81 bits per heavy atom. The predicted octanol–water partition coefficient (Wildman–Crippen LogP) is 3.81. The average molecular weight is 428 g/mol. The lowest BCUT2D eigenvalue weighted by Gasteiger charge is -2.24. The zero-order chi connectivity index (χ0) is 22.5. The summed E-state index contributed by atoms with van der Waals surface area (Å²) in [5.41, 5.74) is 11.0. The number of anilines is 1. The fourth-order valence-electron chi connectivity index (χ4n) is 3.59. The van der Waals surface area contributed by atoms with Gasteiger partial charge in [-0.15, -0.1) is 0 Å². The number of hydrogen-bond acceptors (Lipinski definition) is 8. The van der Waals surface area contributed by atoms with Crippen LogP contribution in [0.25, 0.3) is 22.9 Å². The number of rotatable bonds is 5. The minimum absolute atomic E-state index is 0.0588. The number of nitrogens with zero attached hydrogens (tertiary/aromatic N) is 5. The number of nitrogen functional groups attached to an aromatic ring is 1. The Hall–Kier alpha value is -3.83. The molecule has 1 fully saturated rings. The van der Waals surface area contributed by atoms with Crippen molar-refractivity contribution in [1.82, 2.24) is 19.9 Å². The minimum Gasteiger partial charge on any atom is -0.489 e. The lowest BCUT2D eigenvalue weighted by Crippen LogP contribution is -2.26. The van der Waals surface area contributed by atoms with E-state index in [1.54, 1.807) is 6.20 Å². The first-order chi connectivity index (χ1) is 15.5. The molecular formula is C24H24N6O2. The van der Waals surface area contributed by atoms with Gasteiger partial charge >= 0.3 is 0 Å². The molecule has 4 rings (SSSR count). The highest BCUT2D eigenvalue weighted by molar-refractivity contribution is 5.85. The maximum Gasteiger partial charge on any atom is 0.142 e. The van der Waals surface area contributed by atoms with E-state index in [1.165, 1.54) is 12.5 Å². The molecule has 0 bridgehead atoms. The van der Waals surface area contributed by atoms with Crippen molar-refractivity contribution in [2.45, 2.75) is 32.8 Å². The summed E-state index contributed by atoms with van der Waals surface area (Å²) in [6.07, 6.45) is 8.35. The Morgan fingerprint density at radius 1 is 1.25 bits per heavy atom. The largest absolute Gasteiger partial charge is 0.489 e. The molecule has 0 atom stereocenters. The summed E-state index contributed by atoms with van der Waals surface area (Å²) in [6, 6.07) is 7.82. The van der Waals surface area contributed by atoms with E-state index in [2.05, 4.69) is 26.0 Å². The number of aryl methyl sites for hydroxylation is 1. The number of aromatic nitrogens is 4. The zero-order valence-corrected chi connectivity index (χ0v) is 18.1. The normalized spacial score (nSPS) is 14.7. The quantitative estimate of drug-likeness (QED) is 0.651. The zero-order valence-electron chi connectivity index (χ0n) is 18.1. The molecule has 0 radical (unpaired) electrons. The van der Waals surface area contributed by atoms with E-state index in [0.29, 0.717) is 36.0 Å². The Morgan fingerprint density at radius 2 is 2.06 bits per heavy atom. The second-order valence-electron chi connectivity index (χ2n) is 7.63. The van der Waals surface area contributed by atoms with E-state index >= 15 is 0 Å². The van der Waals surface area contributed by atoms with Crippen LogP contribution in [-0.2, 0) is 4.74 Å². The van der Waals surface area contributed by atoms with Crippen LogP contribution in [0.1, 0.15) is 42.3 Å². The minimum atomic E-state index is 0.0588. The Balaban J connectivity index is 1.70. The molecule has 1 aliphatic heterocycles. The molecule has 8 nitrogen and oxygen atoms in total. The summed E-state index contributed by atoms with van der Waals surface area (Å²) >= 11 is 0. The highest BCUT2D eigenvalue weighted by Crippen LogP contribution is 2.31. The van der Waals surface area contributed by atoms with Crippen LogP contribution in [0.2, 0.25) is 0 Å². The topological polar surface area (TPSA) is 120 Å². The molecule has 0 aliphatic carbocycles. The summed E-state index contributed by atoms with van der Waals surface area (Å²) in [6.45, 7) is 5.21. The van der Waals surface area contributed by atoms with E-state index in [1.807, 2.05) is 38.1 Å². The molecule has 0 unspecified atom stereocenters. The van der Waals surface area contributed by atoms with Crippen LogP contribution in [0.3, 0.4) is 0 Å². The molecule has 162 valence electrons. The average Bonchev–Trinajstić information content (AvgIpc) is 2.81. The van der Waals surface area contributed by atoms with Gasteiger partial charge in [0.25, 0.3) is 0 Å². The summed E-state index contributed by atoms with van der Waals surface area (Å²) in [5, 5.41) is 9.74. The van der Waals surface area contributed by atoms with Gasteiger partial charge in [0.05, 0.1) is 42.6 Å². The third-order valence-corrected chi connectivity index (χ3v) is 5.34. The maximum absolute atomic E-state index is 9.74. The highest BCUT2D eigenvalue weighted by atomic mass is 16.5. The molecule has 1 aromatic carbocycles. The van der Waals surface area contributed by atoms with Crippen molar-refractivity contribution >= 4 is 17.5 Å². The van der Waals surface area contributed by atoms with Crippen molar-refractivity contribution in [3.63, 3.8) is 0 Å². The number of benzene rings is 1. The van der Waals surface area contributed by atoms with Crippen LogP contribution in [0.15, 0.2) is 36.9 Å². The number of ether oxygens (including phenoxy) is 2. The van der Waals surface area contributed by atoms with Crippen LogP contribution >= 0.6 is 0 Å². The van der Waals surface area contributed by atoms with Gasteiger partial charge < -0.3 is 15.2 Å². The number of hydrogen-bond donors (Lipinski definition) is 1. The third kappa shape index (κ3) is 4.74. The van der Waals surface area contributed by atoms with Gasteiger partial charge in [-0.3, -0.25) is 4.98 Å². The van der Waals surface area contributed by atoms with Crippen LogP contribution in [0.5, 0.6) is 5.75 Å². The van der Waals surface area contributed by atoms with E-state index in [-0.39, 0.29) is 6.10 Å². The van der Waals surface area contributed by atoms with Gasteiger partial charge in [0.2, 0.25) is 0 Å². The van der Waals surface area contributed by atoms with Crippen molar-refractivity contribution in [3.05, 3.63) is 59.4 Å². The smallest absolute Gasteiger partial charge is 0.142 e. The Labute approximate surface area is 186 Å². The van der Waals surface area contributed by atoms with Gasteiger partial charge in [-0.25, -0.2) is 15.0 Å². The maximum atomic E-state index is 9.74. The molecule has 32 heavy (non-hydrogen) atoms. The second kappa shape index (κ2) is 9.54. The van der Waals surface area contributed by atoms with Gasteiger partial charge in [0, 0.05) is 29.7 Å². The number of nitrogens with two attached hydrogens (primary N) is 1. The third-order valence-electron chi connectivity index (χ3n) is 5.34. The Bertz CT molecular complexity index is 1200. The van der Waals surface area contributed by atoms with Crippen LogP contribution in [-0.4, -0.2) is 39.3 Å². The summed E-state index contributed by atoms with van der Waals surface area (Å²) in [5.74, 6) is 0.938. The van der Waals surface area contributed by atoms with E-state index in [0.717, 1.165) is 40.9 Å². The molecule has 2 N–H and O–H groups in total. The van der Waals surface area contributed by atoms with Gasteiger partial charge in [0.15, 0.2) is 0 Å². The molecule has 1 aliphatic rings. The van der Waals surface area contributed by atoms with Crippen LogP contribution < -0.4 is 10.5 Å². The van der Waals surface area contributed by atoms with Gasteiger partial charge in [0.1, 0.15) is 30.1 Å². The fourth-order valence-corrected chi connectivity index (χ4v) is 3.59. The molecular weight excluding hydrogens is 404 g/mol. The van der Waals surface area contributed by atoms with Crippen LogP contribution in [0, 0.1) is 18.3 Å². The molecule has 8 heteroatoms. The monoisotopic (exact) mass is 428 g/mol. The van der Waals surface area contributed by atoms with Crippen molar-refractivity contribution in [1.29, 1.82) is 5.26 Å². The lowest BCUT2D eigenvalue weighted by molar-refractivity contribution is 0.0254. The van der Waals surface area contributed by atoms with E-state index < -0.39 is 0 Å². The summed E-state index contributed by atoms with van der Waals surface area (Å²) < 4.78 is 11.5. The second-order valence-corrected chi connectivity index (χ2v) is 7.63. The van der Waals surface area contributed by atoms with Crippen molar-refractivity contribution in [2.75, 3.05) is 18.9 Å². The fraction of sp³-hybridized carbons (Fsp3) is 0.292. The molecule has 0 saturated carbocycles. The van der Waals surface area contributed by atoms with Crippen molar-refractivity contribution < 1.29 is 9.47 Å². The van der Waals surface area contributed by atoms with Gasteiger partial charge in [-0.05, 0) is 43.7 Å².